The second kappa shape index (κ2) is 7.96. The standard InChI is InChI=1S/C19H23N3O4.ClH/c1-12-10-20-6-7-21(12)17(23)13-4-5-15-16(9-13)19(25)22(18(15)24)11-14-3-2-8-26-14;/h4-5,9,12,14,20H,2-3,6-8,10-11H2,1H3;1H/t12-,14?;/m1./s1. The van der Waals surface area contributed by atoms with Crippen molar-refractivity contribution in [2.24, 2.45) is 0 Å². The maximum absolute atomic E-state index is 12.8. The molecule has 1 aromatic carbocycles. The van der Waals surface area contributed by atoms with E-state index in [1.807, 2.05) is 11.8 Å². The number of benzene rings is 1. The highest BCUT2D eigenvalue weighted by Gasteiger charge is 2.38. The molecule has 3 heterocycles. The van der Waals surface area contributed by atoms with Crippen LogP contribution in [0.2, 0.25) is 0 Å². The van der Waals surface area contributed by atoms with Crippen molar-refractivity contribution in [3.63, 3.8) is 0 Å². The number of imide groups is 1. The molecule has 0 saturated carbocycles. The predicted octanol–water partition coefficient (Wildman–Crippen LogP) is 1.32. The van der Waals surface area contributed by atoms with Gasteiger partial charge in [-0.25, -0.2) is 0 Å². The van der Waals surface area contributed by atoms with Crippen LogP contribution >= 0.6 is 12.4 Å². The number of halogens is 1. The first kappa shape index (κ1) is 19.8. The fourth-order valence-corrected chi connectivity index (χ4v) is 3.89. The van der Waals surface area contributed by atoms with Crippen molar-refractivity contribution in [2.45, 2.75) is 31.9 Å². The average molecular weight is 394 g/mol. The van der Waals surface area contributed by atoms with Gasteiger partial charge in [-0.15, -0.1) is 12.4 Å². The molecule has 8 heteroatoms. The van der Waals surface area contributed by atoms with Crippen LogP contribution in [-0.4, -0.2) is 72.5 Å². The summed E-state index contributed by atoms with van der Waals surface area (Å²) in [6.07, 6.45) is 1.73. The zero-order chi connectivity index (χ0) is 18.3. The van der Waals surface area contributed by atoms with E-state index in [-0.39, 0.29) is 48.8 Å². The first-order valence-electron chi connectivity index (χ1n) is 9.20. The number of nitrogens with one attached hydrogen (secondary N) is 1. The van der Waals surface area contributed by atoms with E-state index in [1.165, 1.54) is 4.90 Å². The summed E-state index contributed by atoms with van der Waals surface area (Å²) in [5.41, 5.74) is 1.15. The molecule has 3 aliphatic heterocycles. The largest absolute Gasteiger partial charge is 0.376 e. The molecule has 7 nitrogen and oxygen atoms in total. The van der Waals surface area contributed by atoms with Crippen molar-refractivity contribution in [3.8, 4) is 0 Å². The van der Waals surface area contributed by atoms with Gasteiger partial charge in [-0.2, -0.15) is 0 Å². The number of ether oxygens (including phenoxy) is 1. The zero-order valence-electron chi connectivity index (χ0n) is 15.3. The van der Waals surface area contributed by atoms with Crippen molar-refractivity contribution in [1.29, 1.82) is 0 Å². The second-order valence-electron chi connectivity index (χ2n) is 7.17. The third-order valence-corrected chi connectivity index (χ3v) is 5.39. The number of carbonyl (C=O) groups excluding carboxylic acids is 3. The first-order chi connectivity index (χ1) is 12.6. The molecule has 146 valence electrons. The third kappa shape index (κ3) is 3.59. The molecule has 0 bridgehead atoms. The highest BCUT2D eigenvalue weighted by atomic mass is 35.5. The summed E-state index contributed by atoms with van der Waals surface area (Å²) in [4.78, 5) is 41.2. The molecule has 1 aromatic rings. The monoisotopic (exact) mass is 393 g/mol. The fourth-order valence-electron chi connectivity index (χ4n) is 3.89. The summed E-state index contributed by atoms with van der Waals surface area (Å²) in [6, 6.07) is 4.92. The van der Waals surface area contributed by atoms with Gasteiger partial charge in [0.1, 0.15) is 0 Å². The molecule has 27 heavy (non-hydrogen) atoms. The van der Waals surface area contributed by atoms with Gasteiger partial charge < -0.3 is 15.0 Å². The Balaban J connectivity index is 0.00000210. The lowest BCUT2D eigenvalue weighted by Gasteiger charge is -2.34. The number of nitrogens with zero attached hydrogens (tertiary/aromatic N) is 2. The summed E-state index contributed by atoms with van der Waals surface area (Å²) >= 11 is 0. The summed E-state index contributed by atoms with van der Waals surface area (Å²) in [7, 11) is 0. The van der Waals surface area contributed by atoms with Crippen LogP contribution in [0.15, 0.2) is 18.2 Å². The molecule has 1 N–H and O–H groups in total. The van der Waals surface area contributed by atoms with Gasteiger partial charge in [0.2, 0.25) is 0 Å². The minimum Gasteiger partial charge on any atom is -0.376 e. The van der Waals surface area contributed by atoms with E-state index in [1.54, 1.807) is 18.2 Å². The summed E-state index contributed by atoms with van der Waals surface area (Å²) in [6.45, 7) is 5.10. The molecule has 3 aliphatic rings. The Morgan fingerprint density at radius 3 is 2.74 bits per heavy atom. The molecule has 3 amide bonds. The minimum absolute atomic E-state index is 0. The molecule has 0 aliphatic carbocycles. The van der Waals surface area contributed by atoms with Gasteiger partial charge in [-0.05, 0) is 38.0 Å². The molecule has 2 atom stereocenters. The Morgan fingerprint density at radius 1 is 1.26 bits per heavy atom. The van der Waals surface area contributed by atoms with Crippen molar-refractivity contribution < 1.29 is 19.1 Å². The molecular weight excluding hydrogens is 370 g/mol. The van der Waals surface area contributed by atoms with Gasteiger partial charge in [0.15, 0.2) is 0 Å². The van der Waals surface area contributed by atoms with Gasteiger partial charge in [0.25, 0.3) is 17.7 Å². The van der Waals surface area contributed by atoms with E-state index in [2.05, 4.69) is 5.32 Å². The fraction of sp³-hybridized carbons (Fsp3) is 0.526. The van der Waals surface area contributed by atoms with Crippen LogP contribution in [0, 0.1) is 0 Å². The smallest absolute Gasteiger partial charge is 0.261 e. The lowest BCUT2D eigenvalue weighted by atomic mass is 10.0. The van der Waals surface area contributed by atoms with E-state index >= 15 is 0 Å². The number of piperazine rings is 1. The Bertz CT molecular complexity index is 763. The maximum Gasteiger partial charge on any atom is 0.261 e. The zero-order valence-corrected chi connectivity index (χ0v) is 16.1. The van der Waals surface area contributed by atoms with Crippen molar-refractivity contribution in [2.75, 3.05) is 32.8 Å². The molecule has 4 rings (SSSR count). The lowest BCUT2D eigenvalue weighted by molar-refractivity contribution is 0.0475. The molecule has 2 saturated heterocycles. The third-order valence-electron chi connectivity index (χ3n) is 5.39. The van der Waals surface area contributed by atoms with E-state index in [0.717, 1.165) is 25.9 Å². The van der Waals surface area contributed by atoms with Crippen LogP contribution in [0.1, 0.15) is 50.8 Å². The molecular formula is C19H24ClN3O4. The Kier molecular flexibility index (Phi) is 5.83. The second-order valence-corrected chi connectivity index (χ2v) is 7.17. The Morgan fingerprint density at radius 2 is 2.04 bits per heavy atom. The van der Waals surface area contributed by atoms with Crippen LogP contribution < -0.4 is 5.32 Å². The quantitative estimate of drug-likeness (QED) is 0.783. The minimum atomic E-state index is -0.330. The molecule has 0 radical (unpaired) electrons. The van der Waals surface area contributed by atoms with Gasteiger partial charge >= 0.3 is 0 Å². The van der Waals surface area contributed by atoms with Gasteiger partial charge in [-0.1, -0.05) is 0 Å². The predicted molar refractivity (Wildman–Crippen MR) is 101 cm³/mol. The number of carbonyl (C=O) groups is 3. The van der Waals surface area contributed by atoms with E-state index in [0.29, 0.717) is 29.8 Å². The van der Waals surface area contributed by atoms with Crippen molar-refractivity contribution in [3.05, 3.63) is 34.9 Å². The molecule has 2 fully saturated rings. The number of hydrogen-bond acceptors (Lipinski definition) is 5. The first-order valence-corrected chi connectivity index (χ1v) is 9.20. The number of amides is 3. The maximum atomic E-state index is 12.8. The van der Waals surface area contributed by atoms with Crippen LogP contribution in [-0.2, 0) is 4.74 Å². The van der Waals surface area contributed by atoms with E-state index < -0.39 is 0 Å². The van der Waals surface area contributed by atoms with Crippen LogP contribution in [0.5, 0.6) is 0 Å². The summed E-state index contributed by atoms with van der Waals surface area (Å²) in [5.74, 6) is -0.724. The van der Waals surface area contributed by atoms with Crippen LogP contribution in [0.3, 0.4) is 0 Å². The van der Waals surface area contributed by atoms with Gasteiger partial charge in [0.05, 0.1) is 23.8 Å². The number of rotatable bonds is 3. The van der Waals surface area contributed by atoms with Crippen LogP contribution in [0.25, 0.3) is 0 Å². The lowest BCUT2D eigenvalue weighted by Crippen LogP contribution is -2.52. The van der Waals surface area contributed by atoms with Crippen LogP contribution in [0.4, 0.5) is 0 Å². The van der Waals surface area contributed by atoms with Gasteiger partial charge in [0, 0.05) is 37.8 Å². The summed E-state index contributed by atoms with van der Waals surface area (Å²) in [5, 5.41) is 3.25. The molecule has 0 aromatic heterocycles. The average Bonchev–Trinajstić information content (AvgIpc) is 3.25. The van der Waals surface area contributed by atoms with E-state index in [9.17, 15) is 14.4 Å². The topological polar surface area (TPSA) is 79.0 Å². The van der Waals surface area contributed by atoms with Gasteiger partial charge in [-0.3, -0.25) is 19.3 Å². The molecule has 0 spiro atoms. The Hall–Kier alpha value is -1.96. The Labute approximate surface area is 164 Å². The summed E-state index contributed by atoms with van der Waals surface area (Å²) < 4.78 is 5.55. The highest BCUT2D eigenvalue weighted by Crippen LogP contribution is 2.26. The molecule has 1 unspecified atom stereocenters. The van der Waals surface area contributed by atoms with E-state index in [4.69, 9.17) is 4.74 Å². The SMILES string of the molecule is C[C@@H]1CNCCN1C(=O)c1ccc2c(c1)C(=O)N(CC1CCCO1)C2=O.Cl. The number of hydrogen-bond donors (Lipinski definition) is 1. The highest BCUT2D eigenvalue weighted by molar-refractivity contribution is 6.22. The van der Waals surface area contributed by atoms with Crippen molar-refractivity contribution in [1.82, 2.24) is 15.1 Å². The normalized spacial score (nSPS) is 24.8. The number of fused-ring (bicyclic) bond motifs is 1. The van der Waals surface area contributed by atoms with Crippen molar-refractivity contribution >= 4 is 30.1 Å².